The number of hydrogen-bond acceptors (Lipinski definition) is 4. The highest BCUT2D eigenvalue weighted by Crippen LogP contribution is 2.54. The highest BCUT2D eigenvalue weighted by atomic mass is 16.5. The van der Waals surface area contributed by atoms with Gasteiger partial charge in [-0.25, -0.2) is 5.10 Å². The molecule has 6 nitrogen and oxygen atoms in total. The summed E-state index contributed by atoms with van der Waals surface area (Å²) in [5, 5.41) is 9.24. The van der Waals surface area contributed by atoms with E-state index in [0.29, 0.717) is 12.6 Å². The van der Waals surface area contributed by atoms with Crippen molar-refractivity contribution >= 4 is 11.9 Å². The van der Waals surface area contributed by atoms with Gasteiger partial charge >= 0.3 is 6.01 Å². The van der Waals surface area contributed by atoms with Crippen LogP contribution in [0.5, 0.6) is 6.01 Å². The van der Waals surface area contributed by atoms with Gasteiger partial charge in [-0.05, 0) is 38.0 Å². The number of anilines is 1. The van der Waals surface area contributed by atoms with Gasteiger partial charge in [0.2, 0.25) is 11.9 Å². The lowest BCUT2D eigenvalue weighted by molar-refractivity contribution is -0.120. The Morgan fingerprint density at radius 2 is 2.24 bits per heavy atom. The first-order valence-electron chi connectivity index (χ1n) is 6.12. The van der Waals surface area contributed by atoms with Gasteiger partial charge in [0.1, 0.15) is 0 Å². The van der Waals surface area contributed by atoms with Crippen LogP contribution in [0.3, 0.4) is 0 Å². The van der Waals surface area contributed by atoms with E-state index in [0.717, 1.165) is 24.7 Å². The van der Waals surface area contributed by atoms with Crippen LogP contribution in [0.25, 0.3) is 0 Å². The summed E-state index contributed by atoms with van der Waals surface area (Å²) in [4.78, 5) is 15.9. The lowest BCUT2D eigenvalue weighted by Crippen LogP contribution is -2.22. The van der Waals surface area contributed by atoms with Crippen molar-refractivity contribution in [2.24, 2.45) is 17.8 Å². The number of nitrogens with one attached hydrogen (secondary N) is 2. The molecule has 6 heteroatoms. The van der Waals surface area contributed by atoms with Crippen molar-refractivity contribution in [3.8, 4) is 6.01 Å². The van der Waals surface area contributed by atoms with E-state index >= 15 is 0 Å². The molecule has 2 fully saturated rings. The van der Waals surface area contributed by atoms with E-state index in [1.807, 2.05) is 6.92 Å². The van der Waals surface area contributed by atoms with Crippen molar-refractivity contribution in [3.63, 3.8) is 0 Å². The molecule has 1 aromatic rings. The number of nitrogens with zero attached hydrogens (tertiary/aromatic N) is 2. The van der Waals surface area contributed by atoms with Crippen LogP contribution in [0.15, 0.2) is 0 Å². The van der Waals surface area contributed by atoms with Gasteiger partial charge in [0, 0.05) is 5.92 Å². The van der Waals surface area contributed by atoms with Crippen molar-refractivity contribution in [3.05, 3.63) is 0 Å². The van der Waals surface area contributed by atoms with Crippen LogP contribution in [-0.2, 0) is 4.79 Å². The average Bonchev–Trinajstić information content (AvgIpc) is 2.75. The van der Waals surface area contributed by atoms with Crippen LogP contribution >= 0.6 is 0 Å². The number of rotatable bonds is 4. The molecular weight excluding hydrogens is 220 g/mol. The Kier molecular flexibility index (Phi) is 2.49. The second-order valence-electron chi connectivity index (χ2n) is 4.81. The Balaban J connectivity index is 1.56. The summed E-state index contributed by atoms with van der Waals surface area (Å²) in [6.45, 7) is 2.37. The second-order valence-corrected chi connectivity index (χ2v) is 4.81. The quantitative estimate of drug-likeness (QED) is 0.822. The molecular formula is C11H16N4O2. The standard InChI is InChI=1S/C11H16N4O2/c1-2-17-11-13-10(14-15-11)12-9(16)8-4-6-3-7(6)5-8/h6-8H,2-5H2,1H3,(H2,12,13,14,15,16). The van der Waals surface area contributed by atoms with Crippen LogP contribution in [0.1, 0.15) is 26.2 Å². The number of carbonyl (C=O) groups is 1. The highest BCUT2D eigenvalue weighted by molar-refractivity contribution is 5.91. The third kappa shape index (κ3) is 2.11. The molecule has 1 aromatic heterocycles. The number of fused-ring (bicyclic) bond motifs is 1. The molecule has 2 unspecified atom stereocenters. The molecule has 92 valence electrons. The Labute approximate surface area is 99.1 Å². The lowest BCUT2D eigenvalue weighted by Gasteiger charge is -2.09. The largest absolute Gasteiger partial charge is 0.463 e. The van der Waals surface area contributed by atoms with Gasteiger partial charge < -0.3 is 4.74 Å². The number of ether oxygens (including phenoxy) is 1. The average molecular weight is 236 g/mol. The predicted molar refractivity (Wildman–Crippen MR) is 60.5 cm³/mol. The summed E-state index contributed by atoms with van der Waals surface area (Å²) < 4.78 is 5.11. The van der Waals surface area contributed by atoms with E-state index in [1.165, 1.54) is 6.42 Å². The van der Waals surface area contributed by atoms with Gasteiger partial charge in [0.25, 0.3) is 0 Å². The van der Waals surface area contributed by atoms with Gasteiger partial charge in [0.15, 0.2) is 0 Å². The molecule has 0 aliphatic heterocycles. The predicted octanol–water partition coefficient (Wildman–Crippen LogP) is 1.19. The molecule has 3 rings (SSSR count). The molecule has 0 bridgehead atoms. The van der Waals surface area contributed by atoms with Crippen LogP contribution in [0.4, 0.5) is 5.95 Å². The Bertz CT molecular complexity index is 421. The first-order valence-corrected chi connectivity index (χ1v) is 6.12. The van der Waals surface area contributed by atoms with Crippen molar-refractivity contribution in [2.75, 3.05) is 11.9 Å². The van der Waals surface area contributed by atoms with E-state index < -0.39 is 0 Å². The smallest absolute Gasteiger partial charge is 0.337 e. The number of carbonyl (C=O) groups excluding carboxylic acids is 1. The van der Waals surface area contributed by atoms with E-state index in [9.17, 15) is 4.79 Å². The molecule has 2 aliphatic rings. The van der Waals surface area contributed by atoms with Crippen molar-refractivity contribution in [1.82, 2.24) is 15.2 Å². The number of hydrogen-bond donors (Lipinski definition) is 2. The molecule has 0 spiro atoms. The maximum absolute atomic E-state index is 11.9. The fourth-order valence-electron chi connectivity index (χ4n) is 2.64. The summed E-state index contributed by atoms with van der Waals surface area (Å²) >= 11 is 0. The summed E-state index contributed by atoms with van der Waals surface area (Å²) in [7, 11) is 0. The minimum atomic E-state index is 0.0522. The normalized spacial score (nSPS) is 29.8. The number of aromatic nitrogens is 3. The van der Waals surface area contributed by atoms with Crippen molar-refractivity contribution in [1.29, 1.82) is 0 Å². The molecule has 1 heterocycles. The van der Waals surface area contributed by atoms with Gasteiger partial charge in [0.05, 0.1) is 6.61 Å². The summed E-state index contributed by atoms with van der Waals surface area (Å²) in [5.41, 5.74) is 0. The molecule has 2 aliphatic carbocycles. The molecule has 2 atom stereocenters. The second kappa shape index (κ2) is 4.01. The Hall–Kier alpha value is -1.59. The number of H-pyrrole nitrogens is 1. The first kappa shape index (κ1) is 10.6. The molecule has 2 saturated carbocycles. The van der Waals surface area contributed by atoms with Crippen LogP contribution < -0.4 is 10.1 Å². The van der Waals surface area contributed by atoms with E-state index in [-0.39, 0.29) is 17.8 Å². The third-order valence-corrected chi connectivity index (χ3v) is 3.59. The van der Waals surface area contributed by atoms with E-state index in [4.69, 9.17) is 4.74 Å². The third-order valence-electron chi connectivity index (χ3n) is 3.59. The fraction of sp³-hybridized carbons (Fsp3) is 0.727. The fourth-order valence-corrected chi connectivity index (χ4v) is 2.64. The monoisotopic (exact) mass is 236 g/mol. The summed E-state index contributed by atoms with van der Waals surface area (Å²) in [6, 6.07) is 0.275. The van der Waals surface area contributed by atoms with Crippen molar-refractivity contribution < 1.29 is 9.53 Å². The van der Waals surface area contributed by atoms with Crippen LogP contribution in [-0.4, -0.2) is 27.7 Å². The Morgan fingerprint density at radius 3 is 2.94 bits per heavy atom. The van der Waals surface area contributed by atoms with Crippen LogP contribution in [0, 0.1) is 17.8 Å². The molecule has 17 heavy (non-hydrogen) atoms. The lowest BCUT2D eigenvalue weighted by atomic mass is 10.0. The zero-order valence-electron chi connectivity index (χ0n) is 9.77. The van der Waals surface area contributed by atoms with E-state index in [2.05, 4.69) is 20.5 Å². The zero-order chi connectivity index (χ0) is 11.8. The highest BCUT2D eigenvalue weighted by Gasteiger charge is 2.48. The summed E-state index contributed by atoms with van der Waals surface area (Å²) in [5.74, 6) is 2.19. The number of aromatic amines is 1. The topological polar surface area (TPSA) is 79.9 Å². The SMILES string of the molecule is CCOc1n[nH]c(NC(=O)C2CC3CC3C2)n1. The Morgan fingerprint density at radius 1 is 1.47 bits per heavy atom. The molecule has 0 saturated heterocycles. The van der Waals surface area contributed by atoms with E-state index in [1.54, 1.807) is 0 Å². The van der Waals surface area contributed by atoms with Gasteiger partial charge in [-0.15, -0.1) is 5.10 Å². The van der Waals surface area contributed by atoms with Gasteiger partial charge in [-0.1, -0.05) is 0 Å². The van der Waals surface area contributed by atoms with Gasteiger partial charge in [-0.2, -0.15) is 4.98 Å². The number of amides is 1. The molecule has 2 N–H and O–H groups in total. The molecule has 1 amide bonds. The minimum Gasteiger partial charge on any atom is -0.463 e. The van der Waals surface area contributed by atoms with Gasteiger partial charge in [-0.3, -0.25) is 10.1 Å². The molecule has 0 aromatic carbocycles. The van der Waals surface area contributed by atoms with Crippen LogP contribution in [0.2, 0.25) is 0 Å². The zero-order valence-corrected chi connectivity index (χ0v) is 9.77. The summed E-state index contributed by atoms with van der Waals surface area (Å²) in [6.07, 6.45) is 3.38. The molecule has 0 radical (unpaired) electrons. The maximum atomic E-state index is 11.9. The first-order chi connectivity index (χ1) is 8.26. The maximum Gasteiger partial charge on any atom is 0.337 e. The van der Waals surface area contributed by atoms with Crippen molar-refractivity contribution in [2.45, 2.75) is 26.2 Å². The minimum absolute atomic E-state index is 0.0522.